The fourth-order valence-electron chi connectivity index (χ4n) is 2.57. The number of nitrogens with two attached hydrogens (primary N) is 1. The minimum atomic E-state index is -0.329. The van der Waals surface area contributed by atoms with E-state index in [4.69, 9.17) is 5.73 Å². The van der Waals surface area contributed by atoms with Crippen molar-refractivity contribution in [1.29, 1.82) is 0 Å². The zero-order chi connectivity index (χ0) is 13.1. The molecular formula is C13H27N3O. The van der Waals surface area contributed by atoms with Crippen LogP contribution in [0, 0.1) is 0 Å². The second-order valence-electron chi connectivity index (χ2n) is 5.56. The highest BCUT2D eigenvalue weighted by Crippen LogP contribution is 2.36. The van der Waals surface area contributed by atoms with Gasteiger partial charge in [0, 0.05) is 19.1 Å². The van der Waals surface area contributed by atoms with E-state index >= 15 is 0 Å². The number of hydrogen-bond acceptors (Lipinski definition) is 3. The molecule has 0 aromatic rings. The molecule has 0 spiro atoms. The summed E-state index contributed by atoms with van der Waals surface area (Å²) in [6, 6.07) is -0.329. The third-order valence-corrected chi connectivity index (χ3v) is 4.06. The van der Waals surface area contributed by atoms with Crippen LogP contribution in [0.3, 0.4) is 0 Å². The molecule has 17 heavy (non-hydrogen) atoms. The Labute approximate surface area is 105 Å². The van der Waals surface area contributed by atoms with Crippen LogP contribution in [0.5, 0.6) is 0 Å². The summed E-state index contributed by atoms with van der Waals surface area (Å²) in [7, 11) is 6.08. The third-order valence-electron chi connectivity index (χ3n) is 4.06. The fraction of sp³-hybridized carbons (Fsp3) is 0.923. The zero-order valence-electron chi connectivity index (χ0n) is 11.7. The lowest BCUT2D eigenvalue weighted by molar-refractivity contribution is -0.134. The van der Waals surface area contributed by atoms with E-state index in [2.05, 4.69) is 25.9 Å². The summed E-state index contributed by atoms with van der Waals surface area (Å²) in [5.74, 6) is 0.0833. The van der Waals surface area contributed by atoms with E-state index in [9.17, 15) is 4.79 Å². The Hall–Kier alpha value is -0.610. The highest BCUT2D eigenvalue weighted by molar-refractivity contribution is 5.81. The van der Waals surface area contributed by atoms with E-state index in [1.54, 1.807) is 0 Å². The van der Waals surface area contributed by atoms with Gasteiger partial charge in [-0.3, -0.25) is 4.79 Å². The Kier molecular flexibility index (Phi) is 4.95. The highest BCUT2D eigenvalue weighted by atomic mass is 16.2. The maximum absolute atomic E-state index is 12.1. The number of carbonyl (C=O) groups is 1. The van der Waals surface area contributed by atoms with E-state index in [1.807, 2.05) is 11.9 Å². The van der Waals surface area contributed by atoms with Gasteiger partial charge in [0.2, 0.25) is 5.91 Å². The number of carbonyl (C=O) groups excluding carboxylic acids is 1. The summed E-state index contributed by atoms with van der Waals surface area (Å²) in [5.41, 5.74) is 6.07. The lowest BCUT2D eigenvalue weighted by atomic mass is 9.75. The Balaban J connectivity index is 2.53. The lowest BCUT2D eigenvalue weighted by Crippen LogP contribution is -2.58. The maximum atomic E-state index is 12.1. The SMILES string of the molecule is CCCC(N)C(=O)N(C)CC1(N(C)C)CCC1. The summed E-state index contributed by atoms with van der Waals surface area (Å²) in [6.07, 6.45) is 5.36. The molecule has 0 heterocycles. The number of nitrogens with zero attached hydrogens (tertiary/aromatic N) is 2. The largest absolute Gasteiger partial charge is 0.343 e. The van der Waals surface area contributed by atoms with Crippen LogP contribution in [-0.2, 0) is 4.79 Å². The zero-order valence-corrected chi connectivity index (χ0v) is 11.7. The normalized spacial score (nSPS) is 19.9. The van der Waals surface area contributed by atoms with Gasteiger partial charge in [0.25, 0.3) is 0 Å². The van der Waals surface area contributed by atoms with Gasteiger partial charge < -0.3 is 15.5 Å². The van der Waals surface area contributed by atoms with Crippen molar-refractivity contribution in [2.24, 2.45) is 5.73 Å². The van der Waals surface area contributed by atoms with Gasteiger partial charge >= 0.3 is 0 Å². The van der Waals surface area contributed by atoms with Crippen LogP contribution < -0.4 is 5.73 Å². The molecule has 1 rings (SSSR count). The van der Waals surface area contributed by atoms with Crippen molar-refractivity contribution in [3.63, 3.8) is 0 Å². The number of hydrogen-bond donors (Lipinski definition) is 1. The van der Waals surface area contributed by atoms with E-state index in [0.717, 1.165) is 19.4 Å². The van der Waals surface area contributed by atoms with Gasteiger partial charge in [0.1, 0.15) is 0 Å². The third kappa shape index (κ3) is 3.19. The molecule has 4 nitrogen and oxygen atoms in total. The van der Waals surface area contributed by atoms with Crippen LogP contribution in [0.2, 0.25) is 0 Å². The molecule has 1 unspecified atom stereocenters. The second-order valence-corrected chi connectivity index (χ2v) is 5.56. The molecule has 0 saturated heterocycles. The maximum Gasteiger partial charge on any atom is 0.239 e. The summed E-state index contributed by atoms with van der Waals surface area (Å²) < 4.78 is 0. The molecule has 1 aliphatic rings. The minimum Gasteiger partial charge on any atom is -0.343 e. The first kappa shape index (κ1) is 14.5. The van der Waals surface area contributed by atoms with Crippen molar-refractivity contribution < 1.29 is 4.79 Å². The van der Waals surface area contributed by atoms with Crippen molar-refractivity contribution >= 4 is 5.91 Å². The molecule has 4 heteroatoms. The molecule has 0 radical (unpaired) electrons. The van der Waals surface area contributed by atoms with Crippen LogP contribution in [-0.4, -0.2) is 55.0 Å². The van der Waals surface area contributed by atoms with Crippen molar-refractivity contribution in [2.45, 2.75) is 50.6 Å². The van der Waals surface area contributed by atoms with Crippen molar-refractivity contribution in [3.05, 3.63) is 0 Å². The first-order chi connectivity index (χ1) is 7.93. The number of rotatable bonds is 6. The van der Waals surface area contributed by atoms with Crippen molar-refractivity contribution in [3.8, 4) is 0 Å². The minimum absolute atomic E-state index is 0.0833. The van der Waals surface area contributed by atoms with Gasteiger partial charge in [-0.25, -0.2) is 0 Å². The highest BCUT2D eigenvalue weighted by Gasteiger charge is 2.40. The first-order valence-electron chi connectivity index (χ1n) is 6.61. The predicted octanol–water partition coefficient (Wildman–Crippen LogP) is 1.06. The van der Waals surface area contributed by atoms with Gasteiger partial charge in [-0.2, -0.15) is 0 Å². The van der Waals surface area contributed by atoms with Crippen LogP contribution in [0.25, 0.3) is 0 Å². The van der Waals surface area contributed by atoms with Gasteiger partial charge in [-0.1, -0.05) is 13.3 Å². The monoisotopic (exact) mass is 241 g/mol. The molecule has 1 atom stereocenters. The lowest BCUT2D eigenvalue weighted by Gasteiger charge is -2.49. The Morgan fingerprint density at radius 3 is 2.29 bits per heavy atom. The quantitative estimate of drug-likeness (QED) is 0.756. The molecule has 0 bridgehead atoms. The van der Waals surface area contributed by atoms with Crippen LogP contribution in [0.15, 0.2) is 0 Å². The molecule has 0 aromatic heterocycles. The molecule has 1 saturated carbocycles. The van der Waals surface area contributed by atoms with Gasteiger partial charge in [0.15, 0.2) is 0 Å². The summed E-state index contributed by atoms with van der Waals surface area (Å²) >= 11 is 0. The Morgan fingerprint density at radius 1 is 1.35 bits per heavy atom. The molecule has 1 fully saturated rings. The van der Waals surface area contributed by atoms with E-state index in [-0.39, 0.29) is 17.5 Å². The number of amides is 1. The molecule has 2 N–H and O–H groups in total. The molecule has 100 valence electrons. The van der Waals surface area contributed by atoms with Crippen LogP contribution in [0.1, 0.15) is 39.0 Å². The van der Waals surface area contributed by atoms with Crippen molar-refractivity contribution in [2.75, 3.05) is 27.7 Å². The van der Waals surface area contributed by atoms with Crippen LogP contribution in [0.4, 0.5) is 0 Å². The summed E-state index contributed by atoms with van der Waals surface area (Å²) in [4.78, 5) is 16.1. The van der Waals surface area contributed by atoms with Gasteiger partial charge in [-0.05, 0) is 39.8 Å². The summed E-state index contributed by atoms with van der Waals surface area (Å²) in [6.45, 7) is 2.86. The summed E-state index contributed by atoms with van der Waals surface area (Å²) in [5, 5.41) is 0. The molecular weight excluding hydrogens is 214 g/mol. The Morgan fingerprint density at radius 2 is 1.94 bits per heavy atom. The average Bonchev–Trinajstić information content (AvgIpc) is 2.21. The standard InChI is InChI=1S/C13H27N3O/c1-5-7-11(14)12(17)16(4)10-13(15(2)3)8-6-9-13/h11H,5-10,14H2,1-4H3. The predicted molar refractivity (Wildman–Crippen MR) is 70.8 cm³/mol. The Bertz CT molecular complexity index is 261. The first-order valence-corrected chi connectivity index (χ1v) is 6.61. The van der Waals surface area contributed by atoms with Gasteiger partial charge in [-0.15, -0.1) is 0 Å². The van der Waals surface area contributed by atoms with E-state index in [1.165, 1.54) is 19.3 Å². The van der Waals surface area contributed by atoms with Crippen LogP contribution >= 0.6 is 0 Å². The molecule has 1 amide bonds. The van der Waals surface area contributed by atoms with E-state index < -0.39 is 0 Å². The molecule has 0 aliphatic heterocycles. The smallest absolute Gasteiger partial charge is 0.239 e. The molecule has 0 aromatic carbocycles. The molecule has 1 aliphatic carbocycles. The number of likely N-dealkylation sites (N-methyl/N-ethyl adjacent to an activating group) is 2. The van der Waals surface area contributed by atoms with Crippen molar-refractivity contribution in [1.82, 2.24) is 9.80 Å². The van der Waals surface area contributed by atoms with E-state index in [0.29, 0.717) is 0 Å². The fourth-order valence-corrected chi connectivity index (χ4v) is 2.57. The topological polar surface area (TPSA) is 49.6 Å². The average molecular weight is 241 g/mol. The second kappa shape index (κ2) is 5.83. The van der Waals surface area contributed by atoms with Gasteiger partial charge in [0.05, 0.1) is 6.04 Å².